The third kappa shape index (κ3) is 7.16. The molecular formula is C40H46N8O2. The van der Waals surface area contributed by atoms with E-state index in [-0.39, 0.29) is 12.0 Å². The van der Waals surface area contributed by atoms with E-state index >= 15 is 0 Å². The summed E-state index contributed by atoms with van der Waals surface area (Å²) < 4.78 is 11.8. The van der Waals surface area contributed by atoms with Gasteiger partial charge in [0.2, 0.25) is 0 Å². The van der Waals surface area contributed by atoms with Crippen LogP contribution in [-0.4, -0.2) is 79.9 Å². The third-order valence-corrected chi connectivity index (χ3v) is 10.6. The highest BCUT2D eigenvalue weighted by molar-refractivity contribution is 5.97. The molecule has 3 atom stereocenters. The molecule has 50 heavy (non-hydrogen) atoms. The predicted molar refractivity (Wildman–Crippen MR) is 198 cm³/mol. The monoisotopic (exact) mass is 670 g/mol. The second-order valence-electron chi connectivity index (χ2n) is 13.7. The standard InChI is InChI=1S/C40H46N8O2/c1-28-9-6-11-29-12-7-14-36(38(28)29)47-21-17-33-35(25-47)44-40(50-26-32-13-8-20-46(32)2)45-39(33)48-22-18-34(31(24-48)16-19-41)43-27-42-23-30-10-4-5-15-37(30)49-3/h4-7,9-12,14-15,31-32,34H,8,13,16-18,20-26H2,1-3H3/t31-,32?,34-/m0/s1. The number of ether oxygens (including phenoxy) is 2. The number of fused-ring (bicyclic) bond motifs is 2. The summed E-state index contributed by atoms with van der Waals surface area (Å²) in [5.41, 5.74) is 5.69. The van der Waals surface area contributed by atoms with Crippen molar-refractivity contribution in [2.24, 2.45) is 15.9 Å². The van der Waals surface area contributed by atoms with E-state index in [1.165, 1.54) is 34.0 Å². The van der Waals surface area contributed by atoms with Crippen molar-refractivity contribution in [1.29, 1.82) is 5.26 Å². The van der Waals surface area contributed by atoms with E-state index in [1.807, 2.05) is 24.3 Å². The molecule has 3 aliphatic rings. The normalized spacial score (nSPS) is 20.6. The Balaban J connectivity index is 1.15. The van der Waals surface area contributed by atoms with Crippen LogP contribution in [0.1, 0.15) is 48.1 Å². The molecule has 0 radical (unpaired) electrons. The number of likely N-dealkylation sites (tertiary alicyclic amines) is 1. The van der Waals surface area contributed by atoms with E-state index in [2.05, 4.69) is 82.1 Å². The van der Waals surface area contributed by atoms with Crippen LogP contribution in [0.2, 0.25) is 0 Å². The summed E-state index contributed by atoms with van der Waals surface area (Å²) in [6.07, 6.45) is 4.32. The molecule has 2 fully saturated rings. The first-order valence-corrected chi connectivity index (χ1v) is 17.8. The van der Waals surface area contributed by atoms with Crippen LogP contribution in [0.15, 0.2) is 70.6 Å². The maximum Gasteiger partial charge on any atom is 0.318 e. The van der Waals surface area contributed by atoms with Crippen LogP contribution in [0.25, 0.3) is 10.8 Å². The molecule has 4 aromatic rings. The maximum absolute atomic E-state index is 9.81. The van der Waals surface area contributed by atoms with Crippen LogP contribution in [0.4, 0.5) is 11.5 Å². The van der Waals surface area contributed by atoms with Gasteiger partial charge < -0.3 is 24.2 Å². The van der Waals surface area contributed by atoms with Gasteiger partial charge in [-0.25, -0.2) is 9.98 Å². The zero-order chi connectivity index (χ0) is 34.5. The Labute approximate surface area is 295 Å². The van der Waals surface area contributed by atoms with Crippen molar-refractivity contribution in [3.05, 3.63) is 83.0 Å². The molecule has 0 amide bonds. The topological polar surface area (TPSA) is 102 Å². The van der Waals surface area contributed by atoms with E-state index in [9.17, 15) is 5.26 Å². The summed E-state index contributed by atoms with van der Waals surface area (Å²) in [7, 11) is 3.83. The lowest BCUT2D eigenvalue weighted by Gasteiger charge is -2.39. The Kier molecular flexibility index (Phi) is 10.2. The van der Waals surface area contributed by atoms with Crippen molar-refractivity contribution in [3.8, 4) is 17.8 Å². The molecule has 7 rings (SSSR count). The Bertz CT molecular complexity index is 1930. The highest BCUT2D eigenvalue weighted by Crippen LogP contribution is 2.37. The van der Waals surface area contributed by atoms with Gasteiger partial charge in [-0.3, -0.25) is 0 Å². The first-order valence-electron chi connectivity index (χ1n) is 17.8. The number of hydrogen-bond donors (Lipinski definition) is 0. The lowest BCUT2D eigenvalue weighted by Crippen LogP contribution is -2.44. The van der Waals surface area contributed by atoms with Gasteiger partial charge in [0, 0.05) is 60.2 Å². The van der Waals surface area contributed by atoms with Crippen molar-refractivity contribution in [2.45, 2.75) is 64.2 Å². The quantitative estimate of drug-likeness (QED) is 0.177. The van der Waals surface area contributed by atoms with Gasteiger partial charge in [0.05, 0.1) is 44.0 Å². The van der Waals surface area contributed by atoms with Gasteiger partial charge in [-0.05, 0) is 69.3 Å². The van der Waals surface area contributed by atoms with Gasteiger partial charge in [0.15, 0.2) is 0 Å². The van der Waals surface area contributed by atoms with E-state index in [1.54, 1.807) is 7.11 Å². The number of likely N-dealkylation sites (N-methyl/N-ethyl adjacent to an activating group) is 1. The number of para-hydroxylation sites is 1. The molecule has 2 saturated heterocycles. The van der Waals surface area contributed by atoms with Crippen molar-refractivity contribution < 1.29 is 9.47 Å². The highest BCUT2D eigenvalue weighted by Gasteiger charge is 2.33. The van der Waals surface area contributed by atoms with Crippen LogP contribution in [0.5, 0.6) is 11.8 Å². The number of benzene rings is 3. The molecule has 3 aromatic carbocycles. The molecule has 0 bridgehead atoms. The van der Waals surface area contributed by atoms with Crippen molar-refractivity contribution in [2.75, 3.05) is 56.7 Å². The van der Waals surface area contributed by atoms with E-state index in [4.69, 9.17) is 24.4 Å². The number of methoxy groups -OCH3 is 1. The number of aryl methyl sites for hydroxylation is 1. The Morgan fingerprint density at radius 2 is 1.84 bits per heavy atom. The first kappa shape index (κ1) is 33.5. The first-order chi connectivity index (χ1) is 24.5. The molecule has 1 unspecified atom stereocenters. The largest absolute Gasteiger partial charge is 0.496 e. The smallest absolute Gasteiger partial charge is 0.318 e. The second kappa shape index (κ2) is 15.3. The Morgan fingerprint density at radius 1 is 0.980 bits per heavy atom. The number of aliphatic imine (C=N–C) groups is 2. The van der Waals surface area contributed by atoms with E-state index in [0.29, 0.717) is 44.7 Å². The second-order valence-corrected chi connectivity index (χ2v) is 13.7. The van der Waals surface area contributed by atoms with Crippen molar-refractivity contribution >= 4 is 28.3 Å². The number of nitrogens with zero attached hydrogens (tertiary/aromatic N) is 8. The average Bonchev–Trinajstić information content (AvgIpc) is 3.56. The summed E-state index contributed by atoms with van der Waals surface area (Å²) in [5, 5.41) is 12.4. The molecule has 10 heteroatoms. The fraction of sp³-hybridized carbons (Fsp3) is 0.450. The number of anilines is 2. The molecule has 4 heterocycles. The average molecular weight is 671 g/mol. The molecule has 3 aliphatic heterocycles. The Morgan fingerprint density at radius 3 is 2.66 bits per heavy atom. The minimum atomic E-state index is -0.0382. The summed E-state index contributed by atoms with van der Waals surface area (Å²) in [5.74, 6) is 1.77. The maximum atomic E-state index is 9.81. The molecule has 0 saturated carbocycles. The van der Waals surface area contributed by atoms with Crippen LogP contribution in [-0.2, 0) is 19.5 Å². The van der Waals surface area contributed by atoms with Gasteiger partial charge in [-0.1, -0.05) is 48.5 Å². The lowest BCUT2D eigenvalue weighted by molar-refractivity contribution is 0.187. The minimum absolute atomic E-state index is 0.0311. The van der Waals surface area contributed by atoms with Crippen LogP contribution < -0.4 is 19.3 Å². The summed E-state index contributed by atoms with van der Waals surface area (Å²) in [6.45, 7) is 7.29. The van der Waals surface area contributed by atoms with Crippen LogP contribution in [0, 0.1) is 24.2 Å². The number of hydrogen-bond acceptors (Lipinski definition) is 10. The summed E-state index contributed by atoms with van der Waals surface area (Å²) in [6, 6.07) is 27.0. The third-order valence-electron chi connectivity index (χ3n) is 10.6. The molecule has 10 nitrogen and oxygen atoms in total. The fourth-order valence-electron chi connectivity index (χ4n) is 7.82. The molecule has 0 spiro atoms. The fourth-order valence-corrected chi connectivity index (χ4v) is 7.82. The summed E-state index contributed by atoms with van der Waals surface area (Å²) >= 11 is 0. The number of aromatic nitrogens is 2. The van der Waals surface area contributed by atoms with E-state index < -0.39 is 0 Å². The minimum Gasteiger partial charge on any atom is -0.496 e. The van der Waals surface area contributed by atoms with Gasteiger partial charge >= 0.3 is 6.01 Å². The predicted octanol–water partition coefficient (Wildman–Crippen LogP) is 6.47. The number of piperidine rings is 1. The molecule has 0 N–H and O–H groups in total. The lowest BCUT2D eigenvalue weighted by atomic mass is 9.89. The van der Waals surface area contributed by atoms with Gasteiger partial charge in [-0.2, -0.15) is 15.2 Å². The molecule has 258 valence electrons. The molecule has 1 aromatic heterocycles. The summed E-state index contributed by atoms with van der Waals surface area (Å²) in [4.78, 5) is 26.5. The van der Waals surface area contributed by atoms with Gasteiger partial charge in [0.1, 0.15) is 18.2 Å². The zero-order valence-corrected chi connectivity index (χ0v) is 29.4. The number of nitriles is 1. The van der Waals surface area contributed by atoms with Crippen LogP contribution in [0.3, 0.4) is 0 Å². The zero-order valence-electron chi connectivity index (χ0n) is 29.4. The highest BCUT2D eigenvalue weighted by atomic mass is 16.5. The van der Waals surface area contributed by atoms with Gasteiger partial charge in [-0.15, -0.1) is 0 Å². The van der Waals surface area contributed by atoms with Gasteiger partial charge in [0.25, 0.3) is 0 Å². The molecule has 0 aliphatic carbocycles. The van der Waals surface area contributed by atoms with Crippen molar-refractivity contribution in [3.63, 3.8) is 0 Å². The van der Waals surface area contributed by atoms with Crippen molar-refractivity contribution in [1.82, 2.24) is 14.9 Å². The number of rotatable bonds is 10. The van der Waals surface area contributed by atoms with Crippen LogP contribution >= 0.6 is 0 Å². The molecular weight excluding hydrogens is 624 g/mol. The Hall–Kier alpha value is -4.97. The van der Waals surface area contributed by atoms with E-state index in [0.717, 1.165) is 61.7 Å². The SMILES string of the molecule is COc1ccccc1CN=C=N[C@H]1CCN(c2nc(OCC3CCCN3C)nc3c2CCN(c2cccc4cccc(C)c24)C3)C[C@@H]1CC#N.